The van der Waals surface area contributed by atoms with Crippen molar-refractivity contribution in [3.63, 3.8) is 0 Å². The van der Waals surface area contributed by atoms with E-state index in [1.165, 1.54) is 6.42 Å². The molecule has 1 aromatic heterocycles. The van der Waals surface area contributed by atoms with E-state index in [2.05, 4.69) is 53.7 Å². The largest absolute Gasteiger partial charge is 0.394 e. The molecule has 6 nitrogen and oxygen atoms in total. The third-order valence-corrected chi connectivity index (χ3v) is 5.27. The van der Waals surface area contributed by atoms with E-state index in [1.807, 2.05) is 0 Å². The Bertz CT molecular complexity index is 569. The fourth-order valence-electron chi connectivity index (χ4n) is 3.82. The van der Waals surface area contributed by atoms with Crippen molar-refractivity contribution in [2.75, 3.05) is 30.0 Å². The van der Waals surface area contributed by atoms with Crippen molar-refractivity contribution >= 4 is 11.6 Å². The predicted molar refractivity (Wildman–Crippen MR) is 100 cm³/mol. The number of hydrogen-bond acceptors (Lipinski definition) is 6. The van der Waals surface area contributed by atoms with Crippen LogP contribution < -0.4 is 9.80 Å². The molecule has 0 spiro atoms. The average Bonchev–Trinajstić information content (AvgIpc) is 2.56. The summed E-state index contributed by atoms with van der Waals surface area (Å²) in [6.07, 6.45) is 7.42. The standard InChI is InChI=1S/C19H32N4O2/c1-19(2,3)25-16-9-15(10-16)22(4)17-11-18(21-13-20-17)23-8-6-5-7-14(23)12-24/h11,13-16,24H,5-10,12H2,1-4H3. The number of nitrogens with zero attached hydrogens (tertiary/aromatic N) is 4. The smallest absolute Gasteiger partial charge is 0.134 e. The molecule has 1 aliphatic heterocycles. The van der Waals surface area contributed by atoms with Crippen molar-refractivity contribution in [1.82, 2.24) is 9.97 Å². The number of rotatable bonds is 5. The normalized spacial score (nSPS) is 27.1. The Hall–Kier alpha value is -1.40. The summed E-state index contributed by atoms with van der Waals surface area (Å²) in [5.74, 6) is 1.88. The van der Waals surface area contributed by atoms with Crippen molar-refractivity contribution in [3.8, 4) is 0 Å². The third-order valence-electron chi connectivity index (χ3n) is 5.27. The number of piperidine rings is 1. The Morgan fingerprint density at radius 3 is 2.72 bits per heavy atom. The minimum absolute atomic E-state index is 0.0795. The molecule has 1 saturated carbocycles. The molecule has 1 N–H and O–H groups in total. The summed E-state index contributed by atoms with van der Waals surface area (Å²) in [7, 11) is 2.10. The highest BCUT2D eigenvalue weighted by molar-refractivity contribution is 5.51. The number of ether oxygens (including phenoxy) is 1. The second-order valence-corrected chi connectivity index (χ2v) is 8.35. The van der Waals surface area contributed by atoms with Crippen LogP contribution in [0.5, 0.6) is 0 Å². The first-order valence-electron chi connectivity index (χ1n) is 9.47. The summed E-state index contributed by atoms with van der Waals surface area (Å²) in [6.45, 7) is 7.46. The van der Waals surface area contributed by atoms with E-state index < -0.39 is 0 Å². The van der Waals surface area contributed by atoms with Gasteiger partial charge < -0.3 is 19.6 Å². The lowest BCUT2D eigenvalue weighted by Crippen LogP contribution is -2.49. The predicted octanol–water partition coefficient (Wildman–Crippen LogP) is 2.61. The van der Waals surface area contributed by atoms with Crippen LogP contribution in [-0.2, 0) is 4.74 Å². The first-order chi connectivity index (χ1) is 11.9. The van der Waals surface area contributed by atoms with Crippen LogP contribution in [0, 0.1) is 0 Å². The molecule has 0 aromatic carbocycles. The van der Waals surface area contributed by atoms with Gasteiger partial charge in [0, 0.05) is 25.7 Å². The van der Waals surface area contributed by atoms with Crippen molar-refractivity contribution in [2.24, 2.45) is 0 Å². The highest BCUT2D eigenvalue weighted by Crippen LogP contribution is 2.33. The first kappa shape index (κ1) is 18.4. The maximum absolute atomic E-state index is 9.65. The lowest BCUT2D eigenvalue weighted by molar-refractivity contribution is -0.0981. The molecule has 6 heteroatoms. The minimum atomic E-state index is -0.0795. The quantitative estimate of drug-likeness (QED) is 0.883. The lowest BCUT2D eigenvalue weighted by atomic mass is 9.87. The molecular weight excluding hydrogens is 316 g/mol. The zero-order chi connectivity index (χ0) is 18.0. The molecule has 3 rings (SSSR count). The van der Waals surface area contributed by atoms with Crippen LogP contribution in [0.2, 0.25) is 0 Å². The van der Waals surface area contributed by atoms with Gasteiger partial charge >= 0.3 is 0 Å². The van der Waals surface area contributed by atoms with Crippen LogP contribution in [0.1, 0.15) is 52.9 Å². The van der Waals surface area contributed by atoms with Crippen molar-refractivity contribution < 1.29 is 9.84 Å². The van der Waals surface area contributed by atoms with E-state index >= 15 is 0 Å². The van der Waals surface area contributed by atoms with Crippen LogP contribution in [0.15, 0.2) is 12.4 Å². The maximum Gasteiger partial charge on any atom is 0.134 e. The zero-order valence-electron chi connectivity index (χ0n) is 16.0. The van der Waals surface area contributed by atoms with Gasteiger partial charge in [0.15, 0.2) is 0 Å². The fraction of sp³-hybridized carbons (Fsp3) is 0.789. The molecular formula is C19H32N4O2. The van der Waals surface area contributed by atoms with E-state index in [-0.39, 0.29) is 18.2 Å². The first-order valence-corrected chi connectivity index (χ1v) is 9.47. The van der Waals surface area contributed by atoms with Crippen LogP contribution in [0.3, 0.4) is 0 Å². The number of aliphatic hydroxyl groups is 1. The van der Waals surface area contributed by atoms with Gasteiger partial charge in [-0.3, -0.25) is 0 Å². The van der Waals surface area contributed by atoms with Crippen LogP contribution in [0.25, 0.3) is 0 Å². The third kappa shape index (κ3) is 4.42. The number of aliphatic hydroxyl groups excluding tert-OH is 1. The van der Waals surface area contributed by atoms with E-state index in [0.29, 0.717) is 12.1 Å². The Labute approximate surface area is 151 Å². The fourth-order valence-corrected chi connectivity index (χ4v) is 3.82. The SMILES string of the molecule is CN(c1cc(N2CCCCC2CO)ncn1)C1CC(OC(C)(C)C)C1. The molecule has 0 amide bonds. The van der Waals surface area contributed by atoms with Gasteiger partial charge in [0.25, 0.3) is 0 Å². The lowest BCUT2D eigenvalue weighted by Gasteiger charge is -2.44. The summed E-state index contributed by atoms with van der Waals surface area (Å²) in [6, 6.07) is 2.70. The average molecular weight is 348 g/mol. The highest BCUT2D eigenvalue weighted by Gasteiger charge is 2.36. The molecule has 1 aromatic rings. The monoisotopic (exact) mass is 348 g/mol. The minimum Gasteiger partial charge on any atom is -0.394 e. The zero-order valence-corrected chi connectivity index (χ0v) is 16.0. The number of anilines is 2. The molecule has 25 heavy (non-hydrogen) atoms. The molecule has 2 fully saturated rings. The van der Waals surface area contributed by atoms with Crippen molar-refractivity contribution in [2.45, 2.75) is 76.7 Å². The molecule has 1 unspecified atom stereocenters. The van der Waals surface area contributed by atoms with Crippen molar-refractivity contribution in [3.05, 3.63) is 12.4 Å². The highest BCUT2D eigenvalue weighted by atomic mass is 16.5. The second kappa shape index (κ2) is 7.46. The van der Waals surface area contributed by atoms with Gasteiger partial charge in [0.05, 0.1) is 24.4 Å². The number of hydrogen-bond donors (Lipinski definition) is 1. The van der Waals surface area contributed by atoms with Crippen LogP contribution in [0.4, 0.5) is 11.6 Å². The second-order valence-electron chi connectivity index (χ2n) is 8.35. The Morgan fingerprint density at radius 2 is 2.04 bits per heavy atom. The molecule has 0 radical (unpaired) electrons. The van der Waals surface area contributed by atoms with E-state index in [4.69, 9.17) is 4.74 Å². The Morgan fingerprint density at radius 1 is 1.28 bits per heavy atom. The topological polar surface area (TPSA) is 61.7 Å². The molecule has 1 saturated heterocycles. The maximum atomic E-state index is 9.65. The van der Waals surface area contributed by atoms with Gasteiger partial charge in [-0.05, 0) is 52.9 Å². The van der Waals surface area contributed by atoms with E-state index in [1.54, 1.807) is 6.33 Å². The number of aromatic nitrogens is 2. The summed E-state index contributed by atoms with van der Waals surface area (Å²) >= 11 is 0. The van der Waals surface area contributed by atoms with Gasteiger partial charge in [-0.15, -0.1) is 0 Å². The summed E-state index contributed by atoms with van der Waals surface area (Å²) in [4.78, 5) is 13.4. The molecule has 1 atom stereocenters. The van der Waals surface area contributed by atoms with E-state index in [9.17, 15) is 5.11 Å². The Balaban J connectivity index is 1.63. The van der Waals surface area contributed by atoms with Gasteiger partial charge in [-0.2, -0.15) is 0 Å². The van der Waals surface area contributed by atoms with Gasteiger partial charge in [-0.1, -0.05) is 0 Å². The molecule has 2 heterocycles. The van der Waals surface area contributed by atoms with Crippen molar-refractivity contribution in [1.29, 1.82) is 0 Å². The van der Waals surface area contributed by atoms with E-state index in [0.717, 1.165) is 43.9 Å². The Kier molecular flexibility index (Phi) is 5.49. The summed E-state index contributed by atoms with van der Waals surface area (Å²) < 4.78 is 6.04. The van der Waals surface area contributed by atoms with Gasteiger partial charge in [-0.25, -0.2) is 9.97 Å². The summed E-state index contributed by atoms with van der Waals surface area (Å²) in [5.41, 5.74) is -0.0795. The molecule has 2 aliphatic rings. The summed E-state index contributed by atoms with van der Waals surface area (Å²) in [5, 5.41) is 9.65. The molecule has 140 valence electrons. The van der Waals surface area contributed by atoms with Crippen LogP contribution >= 0.6 is 0 Å². The van der Waals surface area contributed by atoms with Gasteiger partial charge in [0.2, 0.25) is 0 Å². The van der Waals surface area contributed by atoms with Gasteiger partial charge in [0.1, 0.15) is 18.0 Å². The molecule has 1 aliphatic carbocycles. The molecule has 0 bridgehead atoms. The van der Waals surface area contributed by atoms with Crippen LogP contribution in [-0.4, -0.2) is 59.1 Å².